The lowest BCUT2D eigenvalue weighted by molar-refractivity contribution is -0.403. The van der Waals surface area contributed by atoms with Crippen LogP contribution < -0.4 is 0 Å². The number of hydrogen-bond donors (Lipinski definition) is 0. The lowest BCUT2D eigenvalue weighted by atomic mass is 10.2. The van der Waals surface area contributed by atoms with Crippen LogP contribution in [0.2, 0.25) is 0 Å². The summed E-state index contributed by atoms with van der Waals surface area (Å²) in [6, 6.07) is 0. The van der Waals surface area contributed by atoms with Crippen molar-refractivity contribution in [2.45, 2.75) is 26.4 Å². The van der Waals surface area contributed by atoms with Crippen molar-refractivity contribution in [3.05, 3.63) is 34.7 Å². The second-order valence-corrected chi connectivity index (χ2v) is 3.87. The van der Waals surface area contributed by atoms with Gasteiger partial charge in [0.25, 0.3) is 6.20 Å². The summed E-state index contributed by atoms with van der Waals surface area (Å²) < 4.78 is 9.15. The van der Waals surface area contributed by atoms with Gasteiger partial charge in [0.1, 0.15) is 5.60 Å². The highest BCUT2D eigenvalue weighted by Crippen LogP contribution is 2.06. The lowest BCUT2D eigenvalue weighted by Crippen LogP contribution is -2.22. The van der Waals surface area contributed by atoms with Crippen molar-refractivity contribution in [2.24, 2.45) is 0 Å². The first-order valence-corrected chi connectivity index (χ1v) is 4.62. The fourth-order valence-corrected chi connectivity index (χ4v) is 0.658. The Kier molecular flexibility index (Phi) is 5.59. The molecule has 0 amide bonds. The van der Waals surface area contributed by atoms with Gasteiger partial charge < -0.3 is 9.47 Å². The van der Waals surface area contributed by atoms with Crippen molar-refractivity contribution in [3.8, 4) is 0 Å². The van der Waals surface area contributed by atoms with E-state index in [-0.39, 0.29) is 0 Å². The first kappa shape index (κ1) is 14.8. The largest absolute Gasteiger partial charge is 0.457 e. The van der Waals surface area contributed by atoms with Crippen LogP contribution >= 0.6 is 0 Å². The summed E-state index contributed by atoms with van der Waals surface area (Å²) >= 11 is 0. The monoisotopic (exact) mass is 243 g/mol. The quantitative estimate of drug-likeness (QED) is 0.242. The number of esters is 2. The van der Waals surface area contributed by atoms with E-state index in [1.165, 1.54) is 0 Å². The van der Waals surface area contributed by atoms with Gasteiger partial charge in [-0.25, -0.2) is 9.59 Å². The molecule has 0 unspecified atom stereocenters. The smallest absolute Gasteiger partial charge is 0.336 e. The summed E-state index contributed by atoms with van der Waals surface area (Å²) in [5.41, 5.74) is -0.656. The third kappa shape index (κ3) is 10.1. The topological polar surface area (TPSA) is 95.7 Å². The maximum Gasteiger partial charge on any atom is 0.336 e. The normalized spacial score (nSPS) is 11.7. The Bertz CT molecular complexity index is 363. The second-order valence-electron chi connectivity index (χ2n) is 3.87. The van der Waals surface area contributed by atoms with Crippen LogP contribution in [0.1, 0.15) is 20.8 Å². The van der Waals surface area contributed by atoms with Crippen molar-refractivity contribution < 1.29 is 24.0 Å². The number of nitrogens with zero attached hydrogens (tertiary/aromatic N) is 1. The maximum atomic E-state index is 11.1. The number of nitro groups is 1. The highest BCUT2D eigenvalue weighted by atomic mass is 16.6. The minimum Gasteiger partial charge on any atom is -0.457 e. The maximum absolute atomic E-state index is 11.1. The fourth-order valence-electron chi connectivity index (χ4n) is 0.658. The molecule has 0 atom stereocenters. The Balaban J connectivity index is 4.12. The highest BCUT2D eigenvalue weighted by molar-refractivity contribution is 5.91. The van der Waals surface area contributed by atoms with Gasteiger partial charge in [0.05, 0.1) is 4.92 Å². The van der Waals surface area contributed by atoms with Crippen LogP contribution in [-0.4, -0.2) is 22.5 Å². The zero-order valence-corrected chi connectivity index (χ0v) is 9.71. The Morgan fingerprint density at radius 1 is 1.18 bits per heavy atom. The summed E-state index contributed by atoms with van der Waals surface area (Å²) in [4.78, 5) is 31.1. The van der Waals surface area contributed by atoms with Crippen LogP contribution in [-0.2, 0) is 19.1 Å². The number of rotatable bonds is 4. The van der Waals surface area contributed by atoms with Gasteiger partial charge in [-0.1, -0.05) is 0 Å². The van der Waals surface area contributed by atoms with E-state index >= 15 is 0 Å². The molecule has 94 valence electrons. The standard InChI is InChI=1S/C10H13NO6/c1-10(2,3)17-9(13)5-4-8(12)16-7-6-11(14)15/h4-7H,1-3H3. The van der Waals surface area contributed by atoms with Crippen LogP contribution in [0.5, 0.6) is 0 Å². The average molecular weight is 243 g/mol. The molecule has 0 radical (unpaired) electrons. The zero-order chi connectivity index (χ0) is 13.5. The minimum atomic E-state index is -0.908. The van der Waals surface area contributed by atoms with Gasteiger partial charge in [-0.05, 0) is 20.8 Å². The minimum absolute atomic E-state index is 0.458. The molecule has 0 aromatic rings. The van der Waals surface area contributed by atoms with Gasteiger partial charge in [0.15, 0.2) is 6.26 Å². The molecule has 0 rings (SSSR count). The number of carbonyl (C=O) groups is 2. The van der Waals surface area contributed by atoms with E-state index in [0.29, 0.717) is 12.5 Å². The molecule has 0 N–H and O–H groups in total. The third-order valence-electron chi connectivity index (χ3n) is 1.13. The van der Waals surface area contributed by atoms with E-state index in [4.69, 9.17) is 4.74 Å². The van der Waals surface area contributed by atoms with Gasteiger partial charge in [-0.2, -0.15) is 0 Å². The number of carbonyl (C=O) groups excluding carboxylic acids is 2. The lowest BCUT2D eigenvalue weighted by Gasteiger charge is -2.17. The fraction of sp³-hybridized carbons (Fsp3) is 0.400. The van der Waals surface area contributed by atoms with Gasteiger partial charge in [0, 0.05) is 12.2 Å². The van der Waals surface area contributed by atoms with E-state index in [9.17, 15) is 19.7 Å². The summed E-state index contributed by atoms with van der Waals surface area (Å²) in [6.07, 6.45) is 2.77. The Labute approximate surface area is 97.8 Å². The SMILES string of the molecule is CC(C)(C)OC(=O)C=CC(=O)OC=C[N+](=O)[O-]. The summed E-state index contributed by atoms with van der Waals surface area (Å²) in [7, 11) is 0. The van der Waals surface area contributed by atoms with Crippen molar-refractivity contribution in [2.75, 3.05) is 0 Å². The second kappa shape index (κ2) is 6.41. The Morgan fingerprint density at radius 2 is 1.71 bits per heavy atom. The van der Waals surface area contributed by atoms with E-state index in [1.54, 1.807) is 20.8 Å². The van der Waals surface area contributed by atoms with Crippen LogP contribution in [0.3, 0.4) is 0 Å². The van der Waals surface area contributed by atoms with Crippen LogP contribution in [0.4, 0.5) is 0 Å². The molecule has 17 heavy (non-hydrogen) atoms. The predicted octanol–water partition coefficient (Wildman–Crippen LogP) is 1.18. The zero-order valence-electron chi connectivity index (χ0n) is 9.71. The molecule has 0 aliphatic rings. The number of ether oxygens (including phenoxy) is 2. The van der Waals surface area contributed by atoms with Crippen LogP contribution in [0.15, 0.2) is 24.6 Å². The van der Waals surface area contributed by atoms with Crippen molar-refractivity contribution in [1.82, 2.24) is 0 Å². The Morgan fingerprint density at radius 3 is 2.18 bits per heavy atom. The molecule has 0 heterocycles. The molecular formula is C10H13NO6. The first-order valence-electron chi connectivity index (χ1n) is 4.62. The van der Waals surface area contributed by atoms with Gasteiger partial charge in [-0.15, -0.1) is 0 Å². The molecular weight excluding hydrogens is 230 g/mol. The third-order valence-corrected chi connectivity index (χ3v) is 1.13. The van der Waals surface area contributed by atoms with Gasteiger partial charge in [0.2, 0.25) is 0 Å². The molecule has 0 spiro atoms. The summed E-state index contributed by atoms with van der Waals surface area (Å²) in [5.74, 6) is -1.61. The molecule has 0 aromatic carbocycles. The van der Waals surface area contributed by atoms with Crippen molar-refractivity contribution >= 4 is 11.9 Å². The highest BCUT2D eigenvalue weighted by Gasteiger charge is 2.14. The van der Waals surface area contributed by atoms with Crippen LogP contribution in [0, 0.1) is 10.1 Å². The molecule has 0 aromatic heterocycles. The van der Waals surface area contributed by atoms with Crippen molar-refractivity contribution in [3.63, 3.8) is 0 Å². The van der Waals surface area contributed by atoms with E-state index in [1.807, 2.05) is 0 Å². The molecule has 7 heteroatoms. The molecule has 0 aliphatic carbocycles. The first-order chi connectivity index (χ1) is 7.70. The molecule has 0 saturated carbocycles. The molecule has 0 aliphatic heterocycles. The predicted molar refractivity (Wildman–Crippen MR) is 57.2 cm³/mol. The van der Waals surface area contributed by atoms with E-state index in [2.05, 4.69) is 4.74 Å². The van der Waals surface area contributed by atoms with Crippen molar-refractivity contribution in [1.29, 1.82) is 0 Å². The van der Waals surface area contributed by atoms with E-state index in [0.717, 1.165) is 12.2 Å². The number of hydrogen-bond acceptors (Lipinski definition) is 6. The summed E-state index contributed by atoms with van der Waals surface area (Å²) in [5, 5.41) is 9.84. The van der Waals surface area contributed by atoms with Gasteiger partial charge >= 0.3 is 11.9 Å². The average Bonchev–Trinajstić information content (AvgIpc) is 2.11. The molecule has 0 saturated heterocycles. The van der Waals surface area contributed by atoms with Crippen LogP contribution in [0.25, 0.3) is 0 Å². The molecule has 0 fully saturated rings. The molecule has 0 bridgehead atoms. The van der Waals surface area contributed by atoms with E-state index < -0.39 is 22.5 Å². The molecule has 7 nitrogen and oxygen atoms in total. The summed E-state index contributed by atoms with van der Waals surface area (Å²) in [6.45, 7) is 5.03. The van der Waals surface area contributed by atoms with Gasteiger partial charge in [-0.3, -0.25) is 10.1 Å². The Hall–Kier alpha value is -2.18.